The molecule has 15 heavy (non-hydrogen) atoms. The summed E-state index contributed by atoms with van der Waals surface area (Å²) in [4.78, 5) is 5.38. The van der Waals surface area contributed by atoms with E-state index >= 15 is 0 Å². The quantitative estimate of drug-likeness (QED) is 0.839. The molecule has 0 aromatic carbocycles. The predicted octanol–water partition coefficient (Wildman–Crippen LogP) is 2.23. The van der Waals surface area contributed by atoms with Crippen LogP contribution in [0.5, 0.6) is 0 Å². The van der Waals surface area contributed by atoms with E-state index in [1.165, 1.54) is 12.8 Å². The van der Waals surface area contributed by atoms with Crippen LogP contribution in [0.15, 0.2) is 6.20 Å². The zero-order valence-corrected chi connectivity index (χ0v) is 9.54. The van der Waals surface area contributed by atoms with Gasteiger partial charge >= 0.3 is 0 Å². The van der Waals surface area contributed by atoms with E-state index < -0.39 is 6.10 Å². The highest BCUT2D eigenvalue weighted by molar-refractivity contribution is 7.11. The van der Waals surface area contributed by atoms with Crippen LogP contribution in [0.25, 0.3) is 0 Å². The number of ether oxygens (including phenoxy) is 1. The summed E-state index contributed by atoms with van der Waals surface area (Å²) < 4.78 is 5.81. The van der Waals surface area contributed by atoms with Crippen LogP contribution in [0, 0.1) is 0 Å². The molecule has 0 saturated carbocycles. The molecule has 2 bridgehead atoms. The topological polar surface area (TPSA) is 42.4 Å². The van der Waals surface area contributed by atoms with Crippen LogP contribution in [0.2, 0.25) is 0 Å². The fraction of sp³-hybridized carbons (Fsp3) is 0.727. The van der Waals surface area contributed by atoms with Gasteiger partial charge < -0.3 is 9.84 Å². The van der Waals surface area contributed by atoms with Gasteiger partial charge in [-0.15, -0.1) is 11.3 Å². The molecule has 2 saturated heterocycles. The molecule has 0 amide bonds. The van der Waals surface area contributed by atoms with Gasteiger partial charge in [-0.3, -0.25) is 0 Å². The summed E-state index contributed by atoms with van der Waals surface area (Å²) >= 11 is 1.64. The van der Waals surface area contributed by atoms with Crippen LogP contribution in [-0.2, 0) is 4.74 Å². The average Bonchev–Trinajstić information content (AvgIpc) is 2.93. The highest BCUT2D eigenvalue weighted by atomic mass is 32.1. The normalized spacial score (nSPS) is 36.0. The minimum atomic E-state index is -0.393. The number of hydrogen-bond acceptors (Lipinski definition) is 4. The predicted molar refractivity (Wildman–Crippen MR) is 58.0 cm³/mol. The Kier molecular flexibility index (Phi) is 2.30. The number of hydrogen-bond donors (Lipinski definition) is 1. The van der Waals surface area contributed by atoms with Gasteiger partial charge in [0.15, 0.2) is 0 Å². The number of fused-ring (bicyclic) bond motifs is 2. The van der Waals surface area contributed by atoms with Gasteiger partial charge in [0, 0.05) is 12.1 Å². The maximum Gasteiger partial charge on any atom is 0.0986 e. The summed E-state index contributed by atoms with van der Waals surface area (Å²) in [5, 5.41) is 10.6. The average molecular weight is 225 g/mol. The van der Waals surface area contributed by atoms with Gasteiger partial charge in [0.2, 0.25) is 0 Å². The number of aliphatic hydroxyl groups is 1. The molecule has 4 heteroatoms. The van der Waals surface area contributed by atoms with Crippen molar-refractivity contribution in [1.82, 2.24) is 4.98 Å². The Balaban J connectivity index is 1.81. The van der Waals surface area contributed by atoms with Crippen molar-refractivity contribution in [3.63, 3.8) is 0 Å². The van der Waals surface area contributed by atoms with Gasteiger partial charge in [-0.2, -0.15) is 0 Å². The second-order valence-corrected chi connectivity index (χ2v) is 5.59. The first-order valence-electron chi connectivity index (χ1n) is 5.53. The Morgan fingerprint density at radius 2 is 2.47 bits per heavy atom. The smallest absolute Gasteiger partial charge is 0.0986 e. The van der Waals surface area contributed by atoms with Gasteiger partial charge in [-0.25, -0.2) is 4.98 Å². The SMILES string of the molecule is CC(O)c1cnc(C2CC3CCC2O3)s1. The molecule has 0 aliphatic carbocycles. The summed E-state index contributed by atoms with van der Waals surface area (Å²) in [6, 6.07) is 0. The molecule has 4 atom stereocenters. The van der Waals surface area contributed by atoms with Crippen LogP contribution in [-0.4, -0.2) is 22.3 Å². The molecule has 4 unspecified atom stereocenters. The van der Waals surface area contributed by atoms with E-state index in [1.54, 1.807) is 24.5 Å². The molecule has 82 valence electrons. The Morgan fingerprint density at radius 3 is 3.00 bits per heavy atom. The van der Waals surface area contributed by atoms with Crippen molar-refractivity contribution in [3.8, 4) is 0 Å². The van der Waals surface area contributed by atoms with Crippen molar-refractivity contribution in [1.29, 1.82) is 0 Å². The molecular formula is C11H15NO2S. The van der Waals surface area contributed by atoms with Gasteiger partial charge in [-0.1, -0.05) is 0 Å². The lowest BCUT2D eigenvalue weighted by atomic mass is 9.90. The molecule has 0 radical (unpaired) electrons. The minimum absolute atomic E-state index is 0.392. The Bertz CT molecular complexity index is 363. The zero-order chi connectivity index (χ0) is 10.4. The van der Waals surface area contributed by atoms with E-state index in [0.29, 0.717) is 18.1 Å². The van der Waals surface area contributed by atoms with E-state index in [-0.39, 0.29) is 0 Å². The lowest BCUT2D eigenvalue weighted by Crippen LogP contribution is -2.13. The fourth-order valence-electron chi connectivity index (χ4n) is 2.56. The number of aromatic nitrogens is 1. The molecule has 2 fully saturated rings. The van der Waals surface area contributed by atoms with E-state index in [9.17, 15) is 5.11 Å². The summed E-state index contributed by atoms with van der Waals surface area (Å²) in [6.07, 6.45) is 5.79. The summed E-state index contributed by atoms with van der Waals surface area (Å²) in [5.41, 5.74) is 0. The van der Waals surface area contributed by atoms with Crippen LogP contribution in [0.3, 0.4) is 0 Å². The number of thiazole rings is 1. The number of aliphatic hydroxyl groups excluding tert-OH is 1. The van der Waals surface area contributed by atoms with Crippen molar-refractivity contribution < 1.29 is 9.84 Å². The van der Waals surface area contributed by atoms with Crippen molar-refractivity contribution in [2.24, 2.45) is 0 Å². The molecule has 1 aromatic heterocycles. The molecule has 3 rings (SSSR count). The van der Waals surface area contributed by atoms with Crippen molar-refractivity contribution in [2.45, 2.75) is 50.4 Å². The molecule has 2 aliphatic rings. The first kappa shape index (κ1) is 9.75. The maximum absolute atomic E-state index is 9.45. The third kappa shape index (κ3) is 1.61. The first-order valence-corrected chi connectivity index (χ1v) is 6.35. The monoisotopic (exact) mass is 225 g/mol. The van der Waals surface area contributed by atoms with E-state index in [1.807, 2.05) is 0 Å². The number of rotatable bonds is 2. The Morgan fingerprint density at radius 1 is 1.60 bits per heavy atom. The van der Waals surface area contributed by atoms with Crippen molar-refractivity contribution >= 4 is 11.3 Å². The second kappa shape index (κ2) is 3.54. The van der Waals surface area contributed by atoms with Gasteiger partial charge in [0.1, 0.15) is 0 Å². The summed E-state index contributed by atoms with van der Waals surface area (Å²) in [5.74, 6) is 0.487. The largest absolute Gasteiger partial charge is 0.388 e. The Hall–Kier alpha value is -0.450. The molecule has 0 spiro atoms. The Labute approximate surface area is 93.1 Å². The van der Waals surface area contributed by atoms with Crippen molar-refractivity contribution in [2.75, 3.05) is 0 Å². The molecule has 3 nitrogen and oxygen atoms in total. The third-order valence-electron chi connectivity index (χ3n) is 3.38. The summed E-state index contributed by atoms with van der Waals surface area (Å²) in [6.45, 7) is 1.79. The molecule has 1 N–H and O–H groups in total. The van der Waals surface area contributed by atoms with Crippen molar-refractivity contribution in [3.05, 3.63) is 16.1 Å². The van der Waals surface area contributed by atoms with E-state index in [0.717, 1.165) is 16.3 Å². The lowest BCUT2D eigenvalue weighted by molar-refractivity contribution is 0.101. The van der Waals surface area contributed by atoms with Crippen LogP contribution in [0.4, 0.5) is 0 Å². The fourth-order valence-corrected chi connectivity index (χ4v) is 3.59. The highest BCUT2D eigenvalue weighted by Gasteiger charge is 2.42. The first-order chi connectivity index (χ1) is 7.24. The summed E-state index contributed by atoms with van der Waals surface area (Å²) in [7, 11) is 0. The van der Waals surface area contributed by atoms with Crippen LogP contribution >= 0.6 is 11.3 Å². The minimum Gasteiger partial charge on any atom is -0.388 e. The zero-order valence-electron chi connectivity index (χ0n) is 8.72. The number of nitrogens with zero attached hydrogens (tertiary/aromatic N) is 1. The highest BCUT2D eigenvalue weighted by Crippen LogP contribution is 2.45. The third-order valence-corrected chi connectivity index (χ3v) is 4.68. The van der Waals surface area contributed by atoms with Gasteiger partial charge in [0.25, 0.3) is 0 Å². The standard InChI is InChI=1S/C11H15NO2S/c1-6(13)10-5-12-11(15-10)8-4-7-2-3-9(8)14-7/h5-9,13H,2-4H2,1H3. The molecule has 3 heterocycles. The lowest BCUT2D eigenvalue weighted by Gasteiger charge is -2.15. The van der Waals surface area contributed by atoms with Gasteiger partial charge in [-0.05, 0) is 26.2 Å². The molecule has 2 aliphatic heterocycles. The molecule has 1 aromatic rings. The molecular weight excluding hydrogens is 210 g/mol. The van der Waals surface area contributed by atoms with Crippen LogP contribution in [0.1, 0.15) is 48.1 Å². The second-order valence-electron chi connectivity index (χ2n) is 4.49. The maximum atomic E-state index is 9.45. The van der Waals surface area contributed by atoms with Gasteiger partial charge in [0.05, 0.1) is 28.2 Å². The van der Waals surface area contributed by atoms with E-state index in [4.69, 9.17) is 4.74 Å². The van der Waals surface area contributed by atoms with E-state index in [2.05, 4.69) is 4.98 Å². The van der Waals surface area contributed by atoms with Crippen LogP contribution < -0.4 is 0 Å².